The molecule has 1 heterocycles. The van der Waals surface area contributed by atoms with Gasteiger partial charge in [-0.3, -0.25) is 4.79 Å². The summed E-state index contributed by atoms with van der Waals surface area (Å²) < 4.78 is 5.29. The first kappa shape index (κ1) is 12.2. The molecule has 2 rings (SSSR count). The van der Waals surface area contributed by atoms with Crippen LogP contribution >= 0.6 is 0 Å². The van der Waals surface area contributed by atoms with Crippen molar-refractivity contribution in [2.45, 2.75) is 13.8 Å². The molecule has 0 amide bonds. The Bertz CT molecular complexity index is 647. The zero-order valence-corrected chi connectivity index (χ0v) is 10.6. The fourth-order valence-electron chi connectivity index (χ4n) is 1.67. The molecule has 0 aliphatic rings. The van der Waals surface area contributed by atoms with Gasteiger partial charge in [-0.1, -0.05) is 6.07 Å². The maximum atomic E-state index is 11.7. The number of ether oxygens (including phenoxy) is 1. The number of nitrogen functional groups attached to an aromatic ring is 1. The molecule has 0 bridgehead atoms. The van der Waals surface area contributed by atoms with Gasteiger partial charge in [0.1, 0.15) is 17.4 Å². The number of benzene rings is 1. The molecule has 0 aliphatic heterocycles. The summed E-state index contributed by atoms with van der Waals surface area (Å²) in [6.07, 6.45) is 0. The summed E-state index contributed by atoms with van der Waals surface area (Å²) in [5, 5.41) is 0. The van der Waals surface area contributed by atoms with E-state index in [9.17, 15) is 4.79 Å². The van der Waals surface area contributed by atoms with Gasteiger partial charge in [0, 0.05) is 0 Å². The van der Waals surface area contributed by atoms with Crippen LogP contribution in [0.25, 0.3) is 11.4 Å². The van der Waals surface area contributed by atoms with Crippen molar-refractivity contribution in [1.82, 2.24) is 9.97 Å². The Kier molecular flexibility index (Phi) is 3.06. The van der Waals surface area contributed by atoms with Crippen molar-refractivity contribution >= 4 is 5.82 Å². The number of aryl methyl sites for hydroxylation is 1. The molecule has 0 unspecified atom stereocenters. The molecule has 0 fully saturated rings. The number of methoxy groups -OCH3 is 1. The number of hydrogen-bond donors (Lipinski definition) is 2. The first-order valence-electron chi connectivity index (χ1n) is 5.54. The Hall–Kier alpha value is -2.30. The topological polar surface area (TPSA) is 81.0 Å². The molecule has 1 aromatic carbocycles. The molecule has 0 radical (unpaired) electrons. The monoisotopic (exact) mass is 245 g/mol. The molecular weight excluding hydrogens is 230 g/mol. The maximum Gasteiger partial charge on any atom is 0.256 e. The Morgan fingerprint density at radius 1 is 1.33 bits per heavy atom. The predicted octanol–water partition coefficient (Wildman–Crippen LogP) is 1.64. The second-order valence-electron chi connectivity index (χ2n) is 4.13. The summed E-state index contributed by atoms with van der Waals surface area (Å²) in [5.74, 6) is 1.30. The summed E-state index contributed by atoms with van der Waals surface area (Å²) >= 11 is 0. The van der Waals surface area contributed by atoms with Gasteiger partial charge in [0.2, 0.25) is 0 Å². The predicted molar refractivity (Wildman–Crippen MR) is 70.7 cm³/mol. The SMILES string of the molecule is COc1cc(C)ccc1-c1nc(N)c(C)c(=O)[nH]1. The average Bonchev–Trinajstić information content (AvgIpc) is 2.35. The van der Waals surface area contributed by atoms with Gasteiger partial charge in [0.25, 0.3) is 5.56 Å². The number of hydrogen-bond acceptors (Lipinski definition) is 4. The number of aromatic nitrogens is 2. The highest BCUT2D eigenvalue weighted by atomic mass is 16.5. The van der Waals surface area contributed by atoms with E-state index < -0.39 is 0 Å². The molecule has 0 saturated carbocycles. The second-order valence-corrected chi connectivity index (χ2v) is 4.13. The van der Waals surface area contributed by atoms with Crippen LogP contribution in [0.1, 0.15) is 11.1 Å². The van der Waals surface area contributed by atoms with Gasteiger partial charge in [0.15, 0.2) is 0 Å². The number of nitrogens with zero attached hydrogens (tertiary/aromatic N) is 1. The zero-order valence-electron chi connectivity index (χ0n) is 10.6. The zero-order chi connectivity index (χ0) is 13.3. The van der Waals surface area contributed by atoms with E-state index in [4.69, 9.17) is 10.5 Å². The lowest BCUT2D eigenvalue weighted by Gasteiger charge is -2.09. The first-order chi connectivity index (χ1) is 8.52. The van der Waals surface area contributed by atoms with Gasteiger partial charge in [-0.25, -0.2) is 4.98 Å². The van der Waals surface area contributed by atoms with Crippen molar-refractivity contribution in [3.63, 3.8) is 0 Å². The maximum absolute atomic E-state index is 11.7. The van der Waals surface area contributed by atoms with E-state index in [1.54, 1.807) is 14.0 Å². The summed E-state index contributed by atoms with van der Waals surface area (Å²) in [6.45, 7) is 3.60. The molecule has 5 nitrogen and oxygen atoms in total. The molecule has 0 saturated heterocycles. The third kappa shape index (κ3) is 2.07. The minimum absolute atomic E-state index is 0.233. The van der Waals surface area contributed by atoms with Crippen LogP contribution < -0.4 is 16.0 Å². The molecule has 0 atom stereocenters. The van der Waals surface area contributed by atoms with Crippen LogP contribution in [-0.4, -0.2) is 17.1 Å². The van der Waals surface area contributed by atoms with Gasteiger partial charge in [-0.05, 0) is 31.5 Å². The van der Waals surface area contributed by atoms with Crippen molar-refractivity contribution < 1.29 is 4.74 Å². The Morgan fingerprint density at radius 2 is 2.06 bits per heavy atom. The largest absolute Gasteiger partial charge is 0.496 e. The van der Waals surface area contributed by atoms with E-state index in [2.05, 4.69) is 9.97 Å². The molecule has 94 valence electrons. The van der Waals surface area contributed by atoms with Crippen molar-refractivity contribution in [3.8, 4) is 17.1 Å². The number of rotatable bonds is 2. The van der Waals surface area contributed by atoms with Crippen LogP contribution in [0.4, 0.5) is 5.82 Å². The third-order valence-electron chi connectivity index (χ3n) is 2.80. The van der Waals surface area contributed by atoms with Crippen molar-refractivity contribution in [2.75, 3.05) is 12.8 Å². The van der Waals surface area contributed by atoms with Crippen LogP contribution in [0.5, 0.6) is 5.75 Å². The highest BCUT2D eigenvalue weighted by molar-refractivity contribution is 5.66. The number of nitrogens with one attached hydrogen (secondary N) is 1. The standard InChI is InChI=1S/C13H15N3O2/c1-7-4-5-9(10(6-7)18-3)12-15-11(14)8(2)13(17)16-12/h4-6H,1-3H3,(H3,14,15,16,17). The van der Waals surface area contributed by atoms with E-state index in [0.717, 1.165) is 5.56 Å². The molecule has 1 aromatic heterocycles. The van der Waals surface area contributed by atoms with Crippen molar-refractivity contribution in [2.24, 2.45) is 0 Å². The Balaban J connectivity index is 2.66. The molecule has 2 aromatic rings. The number of anilines is 1. The quantitative estimate of drug-likeness (QED) is 0.842. The lowest BCUT2D eigenvalue weighted by molar-refractivity contribution is 0.416. The second kappa shape index (κ2) is 4.52. The minimum Gasteiger partial charge on any atom is -0.496 e. The van der Waals surface area contributed by atoms with Crippen LogP contribution in [0.3, 0.4) is 0 Å². The van der Waals surface area contributed by atoms with E-state index in [-0.39, 0.29) is 11.4 Å². The lowest BCUT2D eigenvalue weighted by atomic mass is 10.1. The van der Waals surface area contributed by atoms with Gasteiger partial charge in [0.05, 0.1) is 18.2 Å². The fraction of sp³-hybridized carbons (Fsp3) is 0.231. The summed E-state index contributed by atoms with van der Waals surface area (Å²) in [4.78, 5) is 18.6. The summed E-state index contributed by atoms with van der Waals surface area (Å²) in [7, 11) is 1.58. The van der Waals surface area contributed by atoms with Crippen LogP contribution in [0.15, 0.2) is 23.0 Å². The van der Waals surface area contributed by atoms with E-state index in [1.165, 1.54) is 0 Å². The number of nitrogens with two attached hydrogens (primary N) is 1. The molecule has 0 aliphatic carbocycles. The van der Waals surface area contributed by atoms with Crippen LogP contribution in [-0.2, 0) is 0 Å². The third-order valence-corrected chi connectivity index (χ3v) is 2.80. The normalized spacial score (nSPS) is 10.4. The highest BCUT2D eigenvalue weighted by Crippen LogP contribution is 2.28. The highest BCUT2D eigenvalue weighted by Gasteiger charge is 2.11. The van der Waals surface area contributed by atoms with Gasteiger partial charge >= 0.3 is 0 Å². The molecule has 18 heavy (non-hydrogen) atoms. The van der Waals surface area contributed by atoms with Gasteiger partial charge in [-0.15, -0.1) is 0 Å². The van der Waals surface area contributed by atoms with Crippen LogP contribution in [0.2, 0.25) is 0 Å². The molecule has 0 spiro atoms. The van der Waals surface area contributed by atoms with Crippen molar-refractivity contribution in [3.05, 3.63) is 39.7 Å². The first-order valence-corrected chi connectivity index (χ1v) is 5.54. The summed E-state index contributed by atoms with van der Waals surface area (Å²) in [5.41, 5.74) is 7.68. The van der Waals surface area contributed by atoms with Gasteiger partial charge < -0.3 is 15.5 Å². The van der Waals surface area contributed by atoms with Crippen molar-refractivity contribution in [1.29, 1.82) is 0 Å². The number of H-pyrrole nitrogens is 1. The number of aromatic amines is 1. The molecular formula is C13H15N3O2. The average molecular weight is 245 g/mol. The van der Waals surface area contributed by atoms with Crippen LogP contribution in [0, 0.1) is 13.8 Å². The Morgan fingerprint density at radius 3 is 2.67 bits per heavy atom. The fourth-order valence-corrected chi connectivity index (χ4v) is 1.67. The smallest absolute Gasteiger partial charge is 0.256 e. The van der Waals surface area contributed by atoms with E-state index >= 15 is 0 Å². The van der Waals surface area contributed by atoms with Gasteiger partial charge in [-0.2, -0.15) is 0 Å². The van der Waals surface area contributed by atoms with E-state index in [0.29, 0.717) is 22.7 Å². The Labute approximate surface area is 105 Å². The lowest BCUT2D eigenvalue weighted by Crippen LogP contribution is -2.15. The molecule has 5 heteroatoms. The summed E-state index contributed by atoms with van der Waals surface area (Å²) in [6, 6.07) is 5.65. The van der Waals surface area contributed by atoms with E-state index in [1.807, 2.05) is 25.1 Å². The minimum atomic E-state index is -0.236. The molecule has 3 N–H and O–H groups in total.